The molecule has 6 nitrogen and oxygen atoms in total. The third kappa shape index (κ3) is 4.97. The molecule has 0 spiro atoms. The number of rotatable bonds is 3. The Kier molecular flexibility index (Phi) is 6.98. The van der Waals surface area contributed by atoms with E-state index in [1.165, 1.54) is 10.6 Å². The molecule has 2 heterocycles. The van der Waals surface area contributed by atoms with Crippen molar-refractivity contribution in [2.75, 3.05) is 45.6 Å². The predicted octanol–water partition coefficient (Wildman–Crippen LogP) is -4.21. The van der Waals surface area contributed by atoms with Gasteiger partial charge in [-0.25, -0.2) is 8.42 Å². The smallest absolute Gasteiger partial charge is 0.870 e. The maximum Gasteiger partial charge on any atom is 1.00 e. The first-order valence-electron chi connectivity index (χ1n) is 4.85. The zero-order valence-electron chi connectivity index (χ0n) is 9.79. The van der Waals surface area contributed by atoms with Crippen molar-refractivity contribution in [2.45, 2.75) is 6.10 Å². The average Bonchev–Trinajstić information content (AvgIpc) is 2.88. The van der Waals surface area contributed by atoms with Gasteiger partial charge in [0, 0.05) is 32.7 Å². The van der Waals surface area contributed by atoms with Gasteiger partial charge >= 0.3 is 29.6 Å². The molecule has 16 heavy (non-hydrogen) atoms. The van der Waals surface area contributed by atoms with Crippen molar-refractivity contribution in [3.8, 4) is 0 Å². The number of hydrogen-bond acceptors (Lipinski definition) is 5. The minimum Gasteiger partial charge on any atom is -0.870 e. The molecule has 0 unspecified atom stereocenters. The first-order chi connectivity index (χ1) is 6.55. The minimum atomic E-state index is -2.99. The SMILES string of the molecule is CS(=O)(=O)N1CCN(C[C@H]2CO2)CC1.[Na+].[OH-]. The Labute approximate surface area is 119 Å². The minimum absolute atomic E-state index is 0. The fourth-order valence-electron chi connectivity index (χ4n) is 1.71. The van der Waals surface area contributed by atoms with Gasteiger partial charge in [0.1, 0.15) is 0 Å². The molecule has 0 aromatic carbocycles. The molecule has 2 fully saturated rings. The Morgan fingerprint density at radius 1 is 1.25 bits per heavy atom. The van der Waals surface area contributed by atoms with Gasteiger partial charge in [-0.15, -0.1) is 0 Å². The Bertz CT molecular complexity index is 299. The van der Waals surface area contributed by atoms with Crippen molar-refractivity contribution in [1.29, 1.82) is 0 Å². The molecule has 0 aliphatic carbocycles. The summed E-state index contributed by atoms with van der Waals surface area (Å²) in [7, 11) is -2.99. The van der Waals surface area contributed by atoms with Crippen molar-refractivity contribution in [1.82, 2.24) is 9.21 Å². The van der Waals surface area contributed by atoms with Crippen LogP contribution >= 0.6 is 0 Å². The fraction of sp³-hybridized carbons (Fsp3) is 1.00. The van der Waals surface area contributed by atoms with E-state index in [4.69, 9.17) is 4.74 Å². The molecule has 2 aliphatic rings. The number of hydrogen-bond donors (Lipinski definition) is 0. The molecule has 2 rings (SSSR count). The Hall–Kier alpha value is 0.790. The van der Waals surface area contributed by atoms with Crippen molar-refractivity contribution in [2.24, 2.45) is 0 Å². The van der Waals surface area contributed by atoms with Crippen LogP contribution in [0, 0.1) is 0 Å². The van der Waals surface area contributed by atoms with E-state index in [0.29, 0.717) is 19.2 Å². The van der Waals surface area contributed by atoms with E-state index in [9.17, 15) is 8.42 Å². The van der Waals surface area contributed by atoms with Crippen LogP contribution < -0.4 is 29.6 Å². The van der Waals surface area contributed by atoms with Gasteiger partial charge < -0.3 is 10.2 Å². The van der Waals surface area contributed by atoms with Gasteiger partial charge in [-0.2, -0.15) is 4.31 Å². The summed E-state index contributed by atoms with van der Waals surface area (Å²) in [5, 5.41) is 0. The summed E-state index contributed by atoms with van der Waals surface area (Å²) in [5.41, 5.74) is 0. The van der Waals surface area contributed by atoms with Gasteiger partial charge in [0.15, 0.2) is 0 Å². The van der Waals surface area contributed by atoms with E-state index in [1.54, 1.807) is 0 Å². The molecule has 2 aliphatic heterocycles. The van der Waals surface area contributed by atoms with Crippen LogP contribution in [-0.4, -0.2) is 74.8 Å². The van der Waals surface area contributed by atoms with Gasteiger partial charge in [0.05, 0.1) is 19.0 Å². The second-order valence-corrected chi connectivity index (χ2v) is 5.90. The number of nitrogens with zero attached hydrogens (tertiary/aromatic N) is 2. The average molecular weight is 260 g/mol. The molecule has 8 heteroatoms. The van der Waals surface area contributed by atoms with Crippen molar-refractivity contribution in [3.05, 3.63) is 0 Å². The van der Waals surface area contributed by atoms with E-state index in [1.807, 2.05) is 0 Å². The monoisotopic (exact) mass is 260 g/mol. The largest absolute Gasteiger partial charge is 1.00 e. The van der Waals surface area contributed by atoms with Crippen molar-refractivity contribution < 1.29 is 48.2 Å². The molecule has 2 saturated heterocycles. The molecule has 0 aromatic heterocycles. The van der Waals surface area contributed by atoms with Crippen LogP contribution in [0.5, 0.6) is 0 Å². The molecule has 0 aromatic rings. The quantitative estimate of drug-likeness (QED) is 0.379. The maximum absolute atomic E-state index is 11.2. The number of sulfonamides is 1. The summed E-state index contributed by atoms with van der Waals surface area (Å²) >= 11 is 0. The molecular formula is C8H17N2NaO4S. The van der Waals surface area contributed by atoms with Gasteiger partial charge in [-0.3, -0.25) is 4.90 Å². The van der Waals surface area contributed by atoms with E-state index >= 15 is 0 Å². The zero-order valence-corrected chi connectivity index (χ0v) is 12.6. The third-order valence-corrected chi connectivity index (χ3v) is 3.97. The molecule has 1 N–H and O–H groups in total. The van der Waals surface area contributed by atoms with Crippen molar-refractivity contribution in [3.63, 3.8) is 0 Å². The second kappa shape index (κ2) is 6.65. The van der Waals surface area contributed by atoms with E-state index < -0.39 is 10.0 Å². The molecule has 90 valence electrons. The predicted molar refractivity (Wildman–Crippen MR) is 54.5 cm³/mol. The van der Waals surface area contributed by atoms with Gasteiger partial charge in [0.2, 0.25) is 10.0 Å². The Morgan fingerprint density at radius 2 is 1.75 bits per heavy atom. The van der Waals surface area contributed by atoms with Crippen LogP contribution in [0.3, 0.4) is 0 Å². The molecule has 1 atom stereocenters. The molecule has 0 saturated carbocycles. The van der Waals surface area contributed by atoms with Crippen LogP contribution in [-0.2, 0) is 14.8 Å². The summed E-state index contributed by atoms with van der Waals surface area (Å²) in [4.78, 5) is 2.26. The normalized spacial score (nSPS) is 26.7. The number of epoxide rings is 1. The summed E-state index contributed by atoms with van der Waals surface area (Å²) in [6.45, 7) is 4.71. The number of ether oxygens (including phenoxy) is 1. The van der Waals surface area contributed by atoms with Crippen LogP contribution in [0.1, 0.15) is 0 Å². The summed E-state index contributed by atoms with van der Waals surface area (Å²) < 4.78 is 29.1. The van der Waals surface area contributed by atoms with Gasteiger partial charge in [-0.1, -0.05) is 0 Å². The molecule has 0 amide bonds. The summed E-state index contributed by atoms with van der Waals surface area (Å²) in [5.74, 6) is 0. The molecular weight excluding hydrogens is 243 g/mol. The van der Waals surface area contributed by atoms with Crippen molar-refractivity contribution >= 4 is 10.0 Å². The van der Waals surface area contributed by atoms with E-state index in [-0.39, 0.29) is 35.0 Å². The Balaban J connectivity index is 0.00000112. The van der Waals surface area contributed by atoms with Crippen LogP contribution in [0.4, 0.5) is 0 Å². The topological polar surface area (TPSA) is 83.2 Å². The fourth-order valence-corrected chi connectivity index (χ4v) is 2.53. The van der Waals surface area contributed by atoms with Crippen LogP contribution in [0.25, 0.3) is 0 Å². The second-order valence-electron chi connectivity index (χ2n) is 3.92. The Morgan fingerprint density at radius 3 is 2.12 bits per heavy atom. The van der Waals surface area contributed by atoms with Gasteiger partial charge in [-0.05, 0) is 0 Å². The van der Waals surface area contributed by atoms with Crippen LogP contribution in [0.2, 0.25) is 0 Å². The molecule has 0 bridgehead atoms. The summed E-state index contributed by atoms with van der Waals surface area (Å²) in [6, 6.07) is 0. The number of piperazine rings is 1. The zero-order chi connectivity index (χ0) is 10.2. The first-order valence-corrected chi connectivity index (χ1v) is 6.69. The third-order valence-electron chi connectivity index (χ3n) is 2.66. The van der Waals surface area contributed by atoms with Gasteiger partial charge in [0.25, 0.3) is 0 Å². The first kappa shape index (κ1) is 16.8. The van der Waals surface area contributed by atoms with E-state index in [2.05, 4.69) is 4.90 Å². The molecule has 0 radical (unpaired) electrons. The van der Waals surface area contributed by atoms with E-state index in [0.717, 1.165) is 26.2 Å². The summed E-state index contributed by atoms with van der Waals surface area (Å²) in [6.07, 6.45) is 1.67. The van der Waals surface area contributed by atoms with Crippen LogP contribution in [0.15, 0.2) is 0 Å². The maximum atomic E-state index is 11.2. The standard InChI is InChI=1S/C8H16N2O3S.Na.H2O/c1-14(11,12)10-4-2-9(3-5-10)6-8-7-13-8;;/h8H,2-7H2,1H3;;1H2/q;+1;/p-1/t8-;;/m0../s1.